The molecule has 0 saturated heterocycles. The minimum Gasteiger partial charge on any atom is -0.489 e. The lowest BCUT2D eigenvalue weighted by atomic mass is 10.0. The molecule has 1 atom stereocenters. The number of benzene rings is 3. The van der Waals surface area contributed by atoms with Crippen molar-refractivity contribution in [1.29, 1.82) is 0 Å². The number of rotatable bonds is 4. The Kier molecular flexibility index (Phi) is 4.38. The monoisotopic (exact) mass is 333 g/mol. The van der Waals surface area contributed by atoms with Crippen LogP contribution in [0.1, 0.15) is 11.1 Å². The van der Waals surface area contributed by atoms with E-state index in [4.69, 9.17) is 4.74 Å². The second-order valence-electron chi connectivity index (χ2n) is 6.38. The maximum absolute atomic E-state index is 13.9. The molecular formula is C22H20FNO. The molecule has 0 saturated carbocycles. The van der Waals surface area contributed by atoms with Gasteiger partial charge in [-0.1, -0.05) is 60.7 Å². The zero-order valence-corrected chi connectivity index (χ0v) is 13.9. The third-order valence-corrected chi connectivity index (χ3v) is 4.61. The summed E-state index contributed by atoms with van der Waals surface area (Å²) in [6.07, 6.45) is 0.865. The summed E-state index contributed by atoms with van der Waals surface area (Å²) in [7, 11) is 0. The van der Waals surface area contributed by atoms with Gasteiger partial charge in [-0.25, -0.2) is 4.39 Å². The maximum atomic E-state index is 13.9. The van der Waals surface area contributed by atoms with Crippen molar-refractivity contribution >= 4 is 5.69 Å². The molecule has 0 aliphatic carbocycles. The third kappa shape index (κ3) is 3.50. The minimum absolute atomic E-state index is 0.164. The van der Waals surface area contributed by atoms with Crippen molar-refractivity contribution in [2.75, 3.05) is 11.5 Å². The quantitative estimate of drug-likeness (QED) is 0.678. The molecule has 0 bridgehead atoms. The van der Waals surface area contributed by atoms with Gasteiger partial charge in [-0.2, -0.15) is 0 Å². The van der Waals surface area contributed by atoms with E-state index < -0.39 is 0 Å². The van der Waals surface area contributed by atoms with Crippen LogP contribution in [0.2, 0.25) is 0 Å². The van der Waals surface area contributed by atoms with Gasteiger partial charge in [-0.05, 0) is 29.7 Å². The van der Waals surface area contributed by atoms with Crippen molar-refractivity contribution in [1.82, 2.24) is 0 Å². The average Bonchev–Trinajstić information content (AvgIpc) is 2.65. The van der Waals surface area contributed by atoms with Crippen LogP contribution in [0.4, 0.5) is 10.1 Å². The summed E-state index contributed by atoms with van der Waals surface area (Å²) in [5.41, 5.74) is 3.29. The predicted molar refractivity (Wildman–Crippen MR) is 98.5 cm³/mol. The Bertz CT molecular complexity index is 835. The van der Waals surface area contributed by atoms with E-state index in [0.717, 1.165) is 24.4 Å². The van der Waals surface area contributed by atoms with Gasteiger partial charge < -0.3 is 9.64 Å². The van der Waals surface area contributed by atoms with Crippen LogP contribution in [0.15, 0.2) is 78.9 Å². The summed E-state index contributed by atoms with van der Waals surface area (Å²) in [4.78, 5) is 2.27. The highest BCUT2D eigenvalue weighted by atomic mass is 19.1. The van der Waals surface area contributed by atoms with Gasteiger partial charge in [-0.3, -0.25) is 0 Å². The number of fused-ring (bicyclic) bond motifs is 1. The highest BCUT2D eigenvalue weighted by Gasteiger charge is 2.28. The fourth-order valence-corrected chi connectivity index (χ4v) is 3.36. The van der Waals surface area contributed by atoms with E-state index in [0.29, 0.717) is 6.61 Å². The molecule has 0 radical (unpaired) electrons. The Morgan fingerprint density at radius 3 is 2.28 bits per heavy atom. The molecule has 0 fully saturated rings. The van der Waals surface area contributed by atoms with Gasteiger partial charge in [0, 0.05) is 12.6 Å². The number of nitrogens with zero attached hydrogens (tertiary/aromatic N) is 1. The van der Waals surface area contributed by atoms with Crippen LogP contribution in [-0.4, -0.2) is 12.6 Å². The molecule has 0 aromatic heterocycles. The first-order valence-corrected chi connectivity index (χ1v) is 8.56. The molecule has 3 heteroatoms. The van der Waals surface area contributed by atoms with Crippen LogP contribution in [0.5, 0.6) is 5.75 Å². The fourth-order valence-electron chi connectivity index (χ4n) is 3.36. The minimum atomic E-state index is -0.235. The zero-order valence-electron chi connectivity index (χ0n) is 13.9. The molecular weight excluding hydrogens is 313 g/mol. The SMILES string of the molecule is Fc1ccc2c(c1)N(Cc1ccccc1)[C@@H](Cc1ccccc1)CO2. The number of hydrogen-bond donors (Lipinski definition) is 0. The van der Waals surface area contributed by atoms with Crippen LogP contribution in [0.25, 0.3) is 0 Å². The van der Waals surface area contributed by atoms with Gasteiger partial charge >= 0.3 is 0 Å². The predicted octanol–water partition coefficient (Wildman–Crippen LogP) is 4.84. The second-order valence-corrected chi connectivity index (χ2v) is 6.38. The van der Waals surface area contributed by atoms with Crippen LogP contribution < -0.4 is 9.64 Å². The largest absolute Gasteiger partial charge is 0.489 e. The standard InChI is InChI=1S/C22H20FNO/c23-19-11-12-22-21(14-19)24(15-18-9-5-2-6-10-18)20(16-25-22)13-17-7-3-1-4-8-17/h1-12,14,20H,13,15-16H2/t20-/m0/s1. The fraction of sp³-hybridized carbons (Fsp3) is 0.182. The lowest BCUT2D eigenvalue weighted by molar-refractivity contribution is 0.259. The summed E-state index contributed by atoms with van der Waals surface area (Å²) in [5, 5.41) is 0. The van der Waals surface area contributed by atoms with Crippen LogP contribution in [0, 0.1) is 5.82 Å². The van der Waals surface area contributed by atoms with Crippen molar-refractivity contribution in [3.63, 3.8) is 0 Å². The summed E-state index contributed by atoms with van der Waals surface area (Å²) < 4.78 is 19.8. The molecule has 25 heavy (non-hydrogen) atoms. The Labute approximate surface area is 147 Å². The number of hydrogen-bond acceptors (Lipinski definition) is 2. The van der Waals surface area contributed by atoms with E-state index in [1.807, 2.05) is 36.4 Å². The summed E-state index contributed by atoms with van der Waals surface area (Å²) >= 11 is 0. The molecule has 1 aliphatic rings. The Morgan fingerprint density at radius 2 is 1.56 bits per heavy atom. The van der Waals surface area contributed by atoms with Crippen molar-refractivity contribution in [2.24, 2.45) is 0 Å². The van der Waals surface area contributed by atoms with Crippen LogP contribution in [-0.2, 0) is 13.0 Å². The highest BCUT2D eigenvalue weighted by molar-refractivity contribution is 5.61. The average molecular weight is 333 g/mol. The van der Waals surface area contributed by atoms with Gasteiger partial charge in [0.2, 0.25) is 0 Å². The summed E-state index contributed by atoms with van der Waals surface area (Å²) in [5.74, 6) is 0.516. The zero-order chi connectivity index (χ0) is 17.1. The molecule has 3 aromatic carbocycles. The topological polar surface area (TPSA) is 12.5 Å². The van der Waals surface area contributed by atoms with E-state index in [9.17, 15) is 4.39 Å². The third-order valence-electron chi connectivity index (χ3n) is 4.61. The van der Waals surface area contributed by atoms with E-state index in [1.54, 1.807) is 12.1 Å². The normalized spacial score (nSPS) is 16.2. The Morgan fingerprint density at radius 1 is 0.880 bits per heavy atom. The van der Waals surface area contributed by atoms with Gasteiger partial charge in [0.1, 0.15) is 18.2 Å². The van der Waals surface area contributed by atoms with E-state index in [-0.39, 0.29) is 11.9 Å². The van der Waals surface area contributed by atoms with Crippen molar-refractivity contribution in [2.45, 2.75) is 19.0 Å². The van der Waals surface area contributed by atoms with Crippen molar-refractivity contribution < 1.29 is 9.13 Å². The molecule has 0 N–H and O–H groups in total. The lowest BCUT2D eigenvalue weighted by Gasteiger charge is -2.39. The van der Waals surface area contributed by atoms with E-state index >= 15 is 0 Å². The summed E-state index contributed by atoms with van der Waals surface area (Å²) in [6, 6.07) is 25.6. The summed E-state index contributed by atoms with van der Waals surface area (Å²) in [6.45, 7) is 1.33. The van der Waals surface area contributed by atoms with Crippen LogP contribution >= 0.6 is 0 Å². The lowest BCUT2D eigenvalue weighted by Crippen LogP contribution is -2.44. The van der Waals surface area contributed by atoms with Crippen molar-refractivity contribution in [3.8, 4) is 5.75 Å². The van der Waals surface area contributed by atoms with E-state index in [1.165, 1.54) is 17.2 Å². The molecule has 1 aliphatic heterocycles. The molecule has 126 valence electrons. The maximum Gasteiger partial charge on any atom is 0.142 e. The number of halogens is 1. The van der Waals surface area contributed by atoms with Crippen LogP contribution in [0.3, 0.4) is 0 Å². The Balaban J connectivity index is 1.67. The van der Waals surface area contributed by atoms with Gasteiger partial charge in [0.25, 0.3) is 0 Å². The first-order valence-electron chi connectivity index (χ1n) is 8.56. The molecule has 2 nitrogen and oxygen atoms in total. The van der Waals surface area contributed by atoms with Gasteiger partial charge in [0.15, 0.2) is 0 Å². The molecule has 1 heterocycles. The second kappa shape index (κ2) is 6.98. The highest BCUT2D eigenvalue weighted by Crippen LogP contribution is 2.36. The van der Waals surface area contributed by atoms with Gasteiger partial charge in [-0.15, -0.1) is 0 Å². The molecule has 0 unspecified atom stereocenters. The molecule has 0 amide bonds. The molecule has 3 aromatic rings. The van der Waals surface area contributed by atoms with E-state index in [2.05, 4.69) is 29.2 Å². The number of ether oxygens (including phenoxy) is 1. The molecule has 0 spiro atoms. The first-order chi connectivity index (χ1) is 12.3. The molecule has 4 rings (SSSR count). The van der Waals surface area contributed by atoms with Gasteiger partial charge in [0.05, 0.1) is 11.7 Å². The van der Waals surface area contributed by atoms with Crippen molar-refractivity contribution in [3.05, 3.63) is 95.8 Å². The first kappa shape index (κ1) is 15.7. The number of anilines is 1. The smallest absolute Gasteiger partial charge is 0.142 e. The Hall–Kier alpha value is -2.81.